The molecule has 0 spiro atoms. The van der Waals surface area contributed by atoms with Crippen molar-refractivity contribution in [2.75, 3.05) is 13.2 Å². The Hall–Kier alpha value is -2.19. The molecule has 0 saturated heterocycles. The molecule has 0 aliphatic heterocycles. The number of nitrogens with zero attached hydrogens (tertiary/aromatic N) is 1. The molecule has 1 amide bonds. The molecule has 0 heterocycles. The van der Waals surface area contributed by atoms with Crippen LogP contribution in [0.1, 0.15) is 5.56 Å². The largest absolute Gasteiger partial charge is 0.482 e. The molecule has 0 bridgehead atoms. The van der Waals surface area contributed by atoms with Crippen LogP contribution in [0, 0.1) is 0 Å². The van der Waals surface area contributed by atoms with Gasteiger partial charge in [-0.3, -0.25) is 4.79 Å². The van der Waals surface area contributed by atoms with Gasteiger partial charge in [0.2, 0.25) is 0 Å². The third kappa shape index (κ3) is 6.76. The zero-order chi connectivity index (χ0) is 20.7. The maximum Gasteiger partial charge on any atom is 0.341 e. The number of carboxylic acid groups (broad SMARTS) is 1. The Morgan fingerprint density at radius 2 is 1.71 bits per heavy atom. The van der Waals surface area contributed by atoms with Gasteiger partial charge < -0.3 is 14.6 Å². The number of carbonyl (C=O) groups excluding carboxylic acids is 1. The summed E-state index contributed by atoms with van der Waals surface area (Å²) in [5.41, 5.74) is 2.82. The van der Waals surface area contributed by atoms with E-state index in [0.717, 1.165) is 0 Å². The second-order valence-corrected chi connectivity index (χ2v) is 6.78. The van der Waals surface area contributed by atoms with Gasteiger partial charge in [0, 0.05) is 11.1 Å². The van der Waals surface area contributed by atoms with Crippen LogP contribution in [0.25, 0.3) is 0 Å². The first kappa shape index (κ1) is 22.1. The van der Waals surface area contributed by atoms with E-state index in [4.69, 9.17) is 61.0 Å². The van der Waals surface area contributed by atoms with Gasteiger partial charge in [-0.2, -0.15) is 5.10 Å². The van der Waals surface area contributed by atoms with Crippen molar-refractivity contribution in [2.45, 2.75) is 0 Å². The minimum Gasteiger partial charge on any atom is -0.482 e. The Bertz CT molecular complexity index is 921. The van der Waals surface area contributed by atoms with Crippen LogP contribution in [0.5, 0.6) is 11.5 Å². The van der Waals surface area contributed by atoms with E-state index in [2.05, 4.69) is 10.5 Å². The van der Waals surface area contributed by atoms with E-state index in [1.165, 1.54) is 30.5 Å². The fraction of sp³-hybridized carbons (Fsp3) is 0.118. The molecule has 0 aliphatic rings. The SMILES string of the molecule is O=C(O)COc1ccc(/C=N/NC(=O)COc2cc(Cl)cc(Cl)c2Cl)cc1Cl. The second kappa shape index (κ2) is 10.4. The third-order valence-corrected chi connectivity index (χ3v) is 4.33. The van der Waals surface area contributed by atoms with Gasteiger partial charge in [-0.1, -0.05) is 46.4 Å². The highest BCUT2D eigenvalue weighted by atomic mass is 35.5. The Morgan fingerprint density at radius 1 is 1.00 bits per heavy atom. The molecular weight excluding hydrogens is 454 g/mol. The van der Waals surface area contributed by atoms with Crippen LogP contribution in [0.3, 0.4) is 0 Å². The fourth-order valence-corrected chi connectivity index (χ4v) is 2.73. The Labute approximate surface area is 179 Å². The maximum atomic E-state index is 11.8. The average molecular weight is 466 g/mol. The molecule has 2 N–H and O–H groups in total. The number of rotatable bonds is 8. The van der Waals surface area contributed by atoms with Crippen molar-refractivity contribution in [3.63, 3.8) is 0 Å². The lowest BCUT2D eigenvalue weighted by molar-refractivity contribution is -0.139. The van der Waals surface area contributed by atoms with Crippen LogP contribution < -0.4 is 14.9 Å². The number of benzene rings is 2. The van der Waals surface area contributed by atoms with Crippen molar-refractivity contribution >= 4 is 64.5 Å². The van der Waals surface area contributed by atoms with Crippen molar-refractivity contribution in [1.29, 1.82) is 0 Å². The zero-order valence-electron chi connectivity index (χ0n) is 13.9. The predicted molar refractivity (Wildman–Crippen MR) is 107 cm³/mol. The summed E-state index contributed by atoms with van der Waals surface area (Å²) in [6.45, 7) is -0.873. The zero-order valence-corrected chi connectivity index (χ0v) is 16.9. The smallest absolute Gasteiger partial charge is 0.341 e. The van der Waals surface area contributed by atoms with Crippen LogP contribution >= 0.6 is 46.4 Å². The molecular formula is C17H12Cl4N2O5. The van der Waals surface area contributed by atoms with E-state index in [-0.39, 0.29) is 33.2 Å². The molecule has 0 radical (unpaired) electrons. The van der Waals surface area contributed by atoms with Crippen LogP contribution in [0.2, 0.25) is 20.1 Å². The van der Waals surface area contributed by atoms with Crippen molar-refractivity contribution in [3.8, 4) is 11.5 Å². The second-order valence-electron chi connectivity index (χ2n) is 5.15. The first-order valence-corrected chi connectivity index (χ1v) is 9.01. The molecule has 0 fully saturated rings. The van der Waals surface area contributed by atoms with Crippen LogP contribution in [-0.2, 0) is 9.59 Å². The highest BCUT2D eigenvalue weighted by Gasteiger charge is 2.10. The fourth-order valence-electron chi connectivity index (χ4n) is 1.85. The molecule has 0 saturated carbocycles. The molecule has 0 aliphatic carbocycles. The first-order chi connectivity index (χ1) is 13.3. The summed E-state index contributed by atoms with van der Waals surface area (Å²) in [5, 5.41) is 13.2. The van der Waals surface area contributed by atoms with Gasteiger partial charge in [-0.05, 0) is 29.8 Å². The highest BCUT2D eigenvalue weighted by molar-refractivity contribution is 6.44. The van der Waals surface area contributed by atoms with E-state index in [9.17, 15) is 9.59 Å². The lowest BCUT2D eigenvalue weighted by Gasteiger charge is -2.08. The number of amides is 1. The van der Waals surface area contributed by atoms with E-state index >= 15 is 0 Å². The average Bonchev–Trinajstić information content (AvgIpc) is 2.62. The number of carboxylic acids is 1. The molecule has 148 valence electrons. The van der Waals surface area contributed by atoms with Crippen molar-refractivity contribution in [1.82, 2.24) is 5.43 Å². The maximum absolute atomic E-state index is 11.8. The van der Waals surface area contributed by atoms with E-state index in [1.54, 1.807) is 6.07 Å². The summed E-state index contributed by atoms with van der Waals surface area (Å²) in [5.74, 6) is -1.28. The lowest BCUT2D eigenvalue weighted by Crippen LogP contribution is -2.24. The van der Waals surface area contributed by atoms with Gasteiger partial charge >= 0.3 is 5.97 Å². The molecule has 2 aromatic carbocycles. The van der Waals surface area contributed by atoms with E-state index < -0.39 is 18.5 Å². The van der Waals surface area contributed by atoms with E-state index in [0.29, 0.717) is 10.6 Å². The number of halogens is 4. The lowest BCUT2D eigenvalue weighted by atomic mass is 10.2. The van der Waals surface area contributed by atoms with Gasteiger partial charge in [-0.25, -0.2) is 10.2 Å². The van der Waals surface area contributed by atoms with Gasteiger partial charge in [0.1, 0.15) is 16.5 Å². The summed E-state index contributed by atoms with van der Waals surface area (Å²) < 4.78 is 10.3. The normalized spacial score (nSPS) is 10.7. The van der Waals surface area contributed by atoms with Crippen LogP contribution in [-0.4, -0.2) is 36.4 Å². The third-order valence-electron chi connectivity index (χ3n) is 3.03. The minimum absolute atomic E-state index is 0.141. The molecule has 2 rings (SSSR count). The summed E-state index contributed by atoms with van der Waals surface area (Å²) in [6, 6.07) is 7.46. The number of hydrogen-bond acceptors (Lipinski definition) is 5. The summed E-state index contributed by atoms with van der Waals surface area (Å²) in [7, 11) is 0. The summed E-state index contributed by atoms with van der Waals surface area (Å²) in [6.07, 6.45) is 1.34. The number of hydrazone groups is 1. The van der Waals surface area contributed by atoms with Gasteiger partial charge in [0.15, 0.2) is 13.2 Å². The van der Waals surface area contributed by atoms with Crippen molar-refractivity contribution < 1.29 is 24.2 Å². The molecule has 2 aromatic rings. The van der Waals surface area contributed by atoms with Gasteiger partial charge in [0.05, 0.1) is 16.3 Å². The quantitative estimate of drug-likeness (QED) is 0.344. The number of aliphatic carboxylic acids is 1. The number of carbonyl (C=O) groups is 2. The number of nitrogens with one attached hydrogen (secondary N) is 1. The van der Waals surface area contributed by atoms with Crippen LogP contribution in [0.4, 0.5) is 0 Å². The highest BCUT2D eigenvalue weighted by Crippen LogP contribution is 2.35. The Kier molecular flexibility index (Phi) is 8.19. The first-order valence-electron chi connectivity index (χ1n) is 7.49. The molecule has 0 atom stereocenters. The molecule has 0 aromatic heterocycles. The number of hydrogen-bond donors (Lipinski definition) is 2. The Morgan fingerprint density at radius 3 is 2.39 bits per heavy atom. The summed E-state index contributed by atoms with van der Waals surface area (Å²) >= 11 is 23.7. The molecule has 28 heavy (non-hydrogen) atoms. The standard InChI is InChI=1S/C17H12Cl4N2O5/c18-10-4-12(20)17(21)14(5-10)27-7-15(24)23-22-6-9-1-2-13(11(19)3-9)28-8-16(25)26/h1-6H,7-8H2,(H,23,24)(H,25,26)/b22-6+. The van der Waals surface area contributed by atoms with Crippen molar-refractivity contribution in [2.24, 2.45) is 5.10 Å². The summed E-state index contributed by atoms with van der Waals surface area (Å²) in [4.78, 5) is 22.3. The molecule has 11 heteroatoms. The van der Waals surface area contributed by atoms with E-state index in [1.807, 2.05) is 0 Å². The molecule has 0 unspecified atom stereocenters. The monoisotopic (exact) mass is 464 g/mol. The number of ether oxygens (including phenoxy) is 2. The minimum atomic E-state index is -1.12. The molecule has 7 nitrogen and oxygen atoms in total. The topological polar surface area (TPSA) is 97.2 Å². The van der Waals surface area contributed by atoms with Gasteiger partial charge in [-0.15, -0.1) is 0 Å². The van der Waals surface area contributed by atoms with Gasteiger partial charge in [0.25, 0.3) is 5.91 Å². The Balaban J connectivity index is 1.88. The van der Waals surface area contributed by atoms with Crippen molar-refractivity contribution in [3.05, 3.63) is 56.0 Å². The van der Waals surface area contributed by atoms with Crippen LogP contribution in [0.15, 0.2) is 35.4 Å². The predicted octanol–water partition coefficient (Wildman–Crippen LogP) is 4.29.